The number of hydrogen-bond acceptors (Lipinski definition) is 5. The van der Waals surface area contributed by atoms with Crippen LogP contribution in [0.5, 0.6) is 5.75 Å². The molecular weight excluding hydrogens is 357 g/mol. The van der Waals surface area contributed by atoms with Crippen molar-refractivity contribution < 1.29 is 41.0 Å². The Bertz CT molecular complexity index is 716. The molecule has 8 nitrogen and oxygen atoms in total. The van der Waals surface area contributed by atoms with E-state index in [9.17, 15) is 26.4 Å². The average Bonchev–Trinajstić information content (AvgIpc) is 2.48. The van der Waals surface area contributed by atoms with Crippen LogP contribution in [-0.4, -0.2) is 56.5 Å². The molecule has 1 saturated heterocycles. The second-order valence-electron chi connectivity index (χ2n) is 4.68. The molecule has 1 aromatic rings. The number of rotatable bonds is 5. The van der Waals surface area contributed by atoms with Crippen molar-refractivity contribution in [3.8, 4) is 5.75 Å². The summed E-state index contributed by atoms with van der Waals surface area (Å²) in [5.41, 5.74) is -1.03. The highest BCUT2D eigenvalue weighted by Crippen LogP contribution is 2.32. The SMILES string of the molecule is O=C(O)c1ccc(OC(F)(F)F)c(NS(=O)(=O)N2CCOCC2)c1. The standard InChI is InChI=1S/C12H13F3N2O6S/c13-12(14,15)23-10-2-1-8(11(18)19)7-9(10)16-24(20,21)17-3-5-22-6-4-17/h1-2,7,16H,3-6H2,(H,18,19). The number of ether oxygens (including phenoxy) is 2. The summed E-state index contributed by atoms with van der Waals surface area (Å²) in [6.07, 6.45) is -5.07. The van der Waals surface area contributed by atoms with Crippen LogP contribution in [0.25, 0.3) is 0 Å². The number of alkyl halides is 3. The van der Waals surface area contributed by atoms with E-state index in [-0.39, 0.29) is 26.3 Å². The number of carbonyl (C=O) groups is 1. The molecule has 1 aromatic carbocycles. The summed E-state index contributed by atoms with van der Waals surface area (Å²) in [5, 5.41) is 8.91. The number of carboxylic acids is 1. The number of hydrogen-bond donors (Lipinski definition) is 2. The van der Waals surface area contributed by atoms with Gasteiger partial charge in [0.2, 0.25) is 0 Å². The molecule has 0 bridgehead atoms. The highest BCUT2D eigenvalue weighted by atomic mass is 32.2. The van der Waals surface area contributed by atoms with Gasteiger partial charge in [-0.15, -0.1) is 13.2 Å². The van der Waals surface area contributed by atoms with Gasteiger partial charge in [0, 0.05) is 13.1 Å². The van der Waals surface area contributed by atoms with Crippen LogP contribution in [0.2, 0.25) is 0 Å². The van der Waals surface area contributed by atoms with E-state index in [4.69, 9.17) is 9.84 Å². The van der Waals surface area contributed by atoms with Crippen LogP contribution in [0.4, 0.5) is 18.9 Å². The highest BCUT2D eigenvalue weighted by molar-refractivity contribution is 7.90. The van der Waals surface area contributed by atoms with Gasteiger partial charge in [-0.25, -0.2) is 4.79 Å². The first kappa shape index (κ1) is 18.3. The van der Waals surface area contributed by atoms with Crippen molar-refractivity contribution in [3.63, 3.8) is 0 Å². The third-order valence-electron chi connectivity index (χ3n) is 3.00. The second kappa shape index (κ2) is 6.83. The molecule has 1 aliphatic heterocycles. The topological polar surface area (TPSA) is 105 Å². The van der Waals surface area contributed by atoms with Gasteiger partial charge in [0.05, 0.1) is 24.5 Å². The maximum atomic E-state index is 12.4. The van der Waals surface area contributed by atoms with E-state index >= 15 is 0 Å². The molecule has 0 atom stereocenters. The normalized spacial score (nSPS) is 16.6. The number of benzene rings is 1. The van der Waals surface area contributed by atoms with Crippen molar-refractivity contribution in [2.75, 3.05) is 31.0 Å². The Morgan fingerprint density at radius 2 is 1.92 bits per heavy atom. The van der Waals surface area contributed by atoms with E-state index in [1.54, 1.807) is 0 Å². The first-order valence-corrected chi connectivity index (χ1v) is 8.01. The lowest BCUT2D eigenvalue weighted by Crippen LogP contribution is -2.43. The number of nitrogens with one attached hydrogen (secondary N) is 1. The molecule has 0 amide bonds. The Hall–Kier alpha value is -2.05. The van der Waals surface area contributed by atoms with Crippen LogP contribution in [-0.2, 0) is 14.9 Å². The van der Waals surface area contributed by atoms with Gasteiger partial charge in [-0.2, -0.15) is 12.7 Å². The number of halogens is 3. The summed E-state index contributed by atoms with van der Waals surface area (Å²) in [5.74, 6) is -2.29. The third-order valence-corrected chi connectivity index (χ3v) is 4.52. The van der Waals surface area contributed by atoms with E-state index in [2.05, 4.69) is 4.74 Å². The predicted molar refractivity (Wildman–Crippen MR) is 75.0 cm³/mol. The van der Waals surface area contributed by atoms with Gasteiger partial charge in [-0.1, -0.05) is 0 Å². The Morgan fingerprint density at radius 3 is 2.46 bits per heavy atom. The molecule has 0 saturated carbocycles. The monoisotopic (exact) mass is 370 g/mol. The molecule has 134 valence electrons. The first-order chi connectivity index (χ1) is 11.1. The van der Waals surface area contributed by atoms with Crippen LogP contribution in [0.15, 0.2) is 18.2 Å². The molecule has 2 rings (SSSR count). The number of anilines is 1. The van der Waals surface area contributed by atoms with Crippen LogP contribution >= 0.6 is 0 Å². The predicted octanol–water partition coefficient (Wildman–Crippen LogP) is 1.27. The van der Waals surface area contributed by atoms with Gasteiger partial charge in [-0.05, 0) is 18.2 Å². The molecule has 0 aliphatic carbocycles. The van der Waals surface area contributed by atoms with Crippen molar-refractivity contribution in [3.05, 3.63) is 23.8 Å². The fourth-order valence-corrected chi connectivity index (χ4v) is 3.14. The maximum absolute atomic E-state index is 12.4. The Balaban J connectivity index is 2.34. The summed E-state index contributed by atoms with van der Waals surface area (Å²) >= 11 is 0. The van der Waals surface area contributed by atoms with Crippen LogP contribution in [0, 0.1) is 0 Å². The molecule has 0 unspecified atom stereocenters. The summed E-state index contributed by atoms with van der Waals surface area (Å²) in [6.45, 7) is 0.316. The minimum atomic E-state index is -5.07. The molecule has 2 N–H and O–H groups in total. The molecular formula is C12H13F3N2O6S. The lowest BCUT2D eigenvalue weighted by atomic mass is 10.2. The zero-order valence-electron chi connectivity index (χ0n) is 12.0. The molecule has 24 heavy (non-hydrogen) atoms. The molecule has 1 aliphatic rings. The Morgan fingerprint density at radius 1 is 1.29 bits per heavy atom. The van der Waals surface area contributed by atoms with Crippen molar-refractivity contribution in [1.82, 2.24) is 4.31 Å². The number of carboxylic acid groups (broad SMARTS) is 1. The Labute approximate surface area is 135 Å². The van der Waals surface area contributed by atoms with Gasteiger partial charge in [0.25, 0.3) is 0 Å². The molecule has 0 aromatic heterocycles. The molecule has 1 heterocycles. The number of aromatic carboxylic acids is 1. The minimum absolute atomic E-state index is 0.0173. The zero-order chi connectivity index (χ0) is 18.0. The summed E-state index contributed by atoms with van der Waals surface area (Å²) in [4.78, 5) is 10.9. The number of morpholine rings is 1. The first-order valence-electron chi connectivity index (χ1n) is 6.57. The van der Waals surface area contributed by atoms with Crippen molar-refractivity contribution in [2.45, 2.75) is 6.36 Å². The van der Waals surface area contributed by atoms with Gasteiger partial charge in [0.1, 0.15) is 0 Å². The van der Waals surface area contributed by atoms with Crippen molar-refractivity contribution >= 4 is 21.9 Å². The lowest BCUT2D eigenvalue weighted by molar-refractivity contribution is -0.274. The second-order valence-corrected chi connectivity index (χ2v) is 6.35. The van der Waals surface area contributed by atoms with E-state index in [0.717, 1.165) is 22.5 Å². The van der Waals surface area contributed by atoms with Gasteiger partial charge >= 0.3 is 22.5 Å². The average molecular weight is 370 g/mol. The van der Waals surface area contributed by atoms with Crippen LogP contribution in [0.1, 0.15) is 10.4 Å². The number of nitrogens with zero attached hydrogens (tertiary/aromatic N) is 1. The third kappa shape index (κ3) is 4.72. The molecule has 1 fully saturated rings. The van der Waals surface area contributed by atoms with Crippen molar-refractivity contribution in [1.29, 1.82) is 0 Å². The van der Waals surface area contributed by atoms with E-state index in [0.29, 0.717) is 0 Å². The smallest absolute Gasteiger partial charge is 0.478 e. The highest BCUT2D eigenvalue weighted by Gasteiger charge is 2.33. The summed E-state index contributed by atoms with van der Waals surface area (Å²) in [7, 11) is -4.19. The van der Waals surface area contributed by atoms with E-state index in [1.807, 2.05) is 4.72 Å². The lowest BCUT2D eigenvalue weighted by Gasteiger charge is -2.26. The van der Waals surface area contributed by atoms with Crippen LogP contribution in [0.3, 0.4) is 0 Å². The largest absolute Gasteiger partial charge is 0.573 e. The fourth-order valence-electron chi connectivity index (χ4n) is 1.95. The van der Waals surface area contributed by atoms with Gasteiger partial charge < -0.3 is 14.6 Å². The minimum Gasteiger partial charge on any atom is -0.478 e. The van der Waals surface area contributed by atoms with Crippen molar-refractivity contribution in [2.24, 2.45) is 0 Å². The fraction of sp³-hybridized carbons (Fsp3) is 0.417. The molecule has 0 radical (unpaired) electrons. The summed E-state index contributed by atoms with van der Waals surface area (Å²) < 4.78 is 73.4. The quantitative estimate of drug-likeness (QED) is 0.809. The Kier molecular flexibility index (Phi) is 5.20. The molecule has 0 spiro atoms. The van der Waals surface area contributed by atoms with E-state index in [1.165, 1.54) is 0 Å². The van der Waals surface area contributed by atoms with Gasteiger partial charge in [-0.3, -0.25) is 4.72 Å². The zero-order valence-corrected chi connectivity index (χ0v) is 12.9. The maximum Gasteiger partial charge on any atom is 0.573 e. The van der Waals surface area contributed by atoms with E-state index < -0.39 is 39.5 Å². The summed E-state index contributed by atoms with van der Waals surface area (Å²) in [6, 6.07) is 2.35. The van der Waals surface area contributed by atoms with Crippen LogP contribution < -0.4 is 9.46 Å². The van der Waals surface area contributed by atoms with Gasteiger partial charge in [0.15, 0.2) is 5.75 Å². The molecule has 12 heteroatoms.